The van der Waals surface area contributed by atoms with Gasteiger partial charge >= 0.3 is 0 Å². The van der Waals surface area contributed by atoms with E-state index < -0.39 is 0 Å². The Balaban J connectivity index is 1.70. The Labute approximate surface area is 185 Å². The highest BCUT2D eigenvalue weighted by Crippen LogP contribution is 2.40. The molecule has 3 aromatic rings. The Bertz CT molecular complexity index is 1110. The van der Waals surface area contributed by atoms with Crippen molar-refractivity contribution < 1.29 is 14.3 Å². The van der Waals surface area contributed by atoms with Crippen molar-refractivity contribution in [1.82, 2.24) is 9.88 Å². The van der Waals surface area contributed by atoms with Crippen LogP contribution in [-0.2, 0) is 16.1 Å². The van der Waals surface area contributed by atoms with Crippen molar-refractivity contribution in [2.24, 2.45) is 0 Å². The number of pyridine rings is 1. The van der Waals surface area contributed by atoms with E-state index in [-0.39, 0.29) is 24.5 Å². The zero-order valence-electron chi connectivity index (χ0n) is 17.3. The number of carbonyl (C=O) groups excluding carboxylic acids is 2. The molecule has 5 nitrogen and oxygen atoms in total. The van der Waals surface area contributed by atoms with Crippen LogP contribution in [0.4, 0.5) is 0 Å². The second kappa shape index (κ2) is 9.18. The fourth-order valence-electron chi connectivity index (χ4n) is 3.30. The third kappa shape index (κ3) is 4.70. The maximum atomic E-state index is 13.4. The van der Waals surface area contributed by atoms with Crippen LogP contribution in [0.1, 0.15) is 25.0 Å². The number of hydrogen-bond donors (Lipinski definition) is 0. The smallest absolute Gasteiger partial charge is 0.268 e. The molecule has 0 fully saturated rings. The molecule has 156 valence electrons. The van der Waals surface area contributed by atoms with E-state index in [1.807, 2.05) is 68.4 Å². The summed E-state index contributed by atoms with van der Waals surface area (Å²) in [4.78, 5) is 33.3. The van der Waals surface area contributed by atoms with E-state index in [1.54, 1.807) is 24.5 Å². The number of ether oxygens (including phenoxy) is 1. The lowest BCUT2D eigenvalue weighted by Crippen LogP contribution is -2.30. The lowest BCUT2D eigenvalue weighted by Gasteiger charge is -2.15. The molecule has 0 unspecified atom stereocenters. The molecule has 1 aliphatic heterocycles. The number of aromatic nitrogens is 1. The molecule has 0 aliphatic carbocycles. The van der Waals surface area contributed by atoms with Gasteiger partial charge in [0, 0.05) is 17.3 Å². The Morgan fingerprint density at radius 1 is 0.903 bits per heavy atom. The number of imide groups is 1. The van der Waals surface area contributed by atoms with Crippen LogP contribution in [0.3, 0.4) is 0 Å². The number of hydrogen-bond acceptors (Lipinski definition) is 5. The standard InChI is InChI=1S/C25H22N2O3S/c1-17(2)30-20-10-8-19(9-11-20)22-23(31-21-6-4-3-5-7-21)25(29)27(24(22)28)16-18-12-14-26-15-13-18/h3-15,17H,16H2,1-2H3. The topological polar surface area (TPSA) is 59.5 Å². The molecule has 0 radical (unpaired) electrons. The number of benzene rings is 2. The molecule has 0 atom stereocenters. The predicted octanol–water partition coefficient (Wildman–Crippen LogP) is 4.94. The average molecular weight is 431 g/mol. The van der Waals surface area contributed by atoms with Gasteiger partial charge in [0.05, 0.1) is 23.1 Å². The van der Waals surface area contributed by atoms with Crippen LogP contribution in [0.25, 0.3) is 5.57 Å². The maximum Gasteiger partial charge on any atom is 0.268 e. The van der Waals surface area contributed by atoms with Crippen LogP contribution >= 0.6 is 11.8 Å². The molecular formula is C25H22N2O3S. The van der Waals surface area contributed by atoms with Gasteiger partial charge in [0.1, 0.15) is 5.75 Å². The molecule has 2 amide bonds. The summed E-state index contributed by atoms with van der Waals surface area (Å²) in [7, 11) is 0. The number of amides is 2. The van der Waals surface area contributed by atoms with Crippen LogP contribution in [0, 0.1) is 0 Å². The summed E-state index contributed by atoms with van der Waals surface area (Å²) in [5.74, 6) is 0.146. The van der Waals surface area contributed by atoms with E-state index in [0.29, 0.717) is 16.0 Å². The lowest BCUT2D eigenvalue weighted by atomic mass is 10.1. The number of nitrogens with zero attached hydrogens (tertiary/aromatic N) is 2. The SMILES string of the molecule is CC(C)Oc1ccc(C2=C(Sc3ccccc3)C(=O)N(Cc3ccncc3)C2=O)cc1. The second-order valence-corrected chi connectivity index (χ2v) is 8.45. The molecule has 2 heterocycles. The Morgan fingerprint density at radius 2 is 1.58 bits per heavy atom. The highest BCUT2D eigenvalue weighted by atomic mass is 32.2. The van der Waals surface area contributed by atoms with Crippen molar-refractivity contribution in [1.29, 1.82) is 0 Å². The first-order valence-corrected chi connectivity index (χ1v) is 10.8. The van der Waals surface area contributed by atoms with Crippen molar-refractivity contribution in [3.63, 3.8) is 0 Å². The largest absolute Gasteiger partial charge is 0.491 e. The van der Waals surface area contributed by atoms with Crippen molar-refractivity contribution in [3.8, 4) is 5.75 Å². The summed E-state index contributed by atoms with van der Waals surface area (Å²) in [5, 5.41) is 0. The summed E-state index contributed by atoms with van der Waals surface area (Å²) in [6.45, 7) is 4.12. The molecule has 1 aliphatic rings. The Kier molecular flexibility index (Phi) is 6.18. The third-order valence-corrected chi connectivity index (χ3v) is 5.78. The second-order valence-electron chi connectivity index (χ2n) is 7.36. The van der Waals surface area contributed by atoms with Gasteiger partial charge in [0.25, 0.3) is 11.8 Å². The summed E-state index contributed by atoms with van der Waals surface area (Å²) in [6.07, 6.45) is 3.36. The zero-order valence-corrected chi connectivity index (χ0v) is 18.1. The van der Waals surface area contributed by atoms with Crippen LogP contribution < -0.4 is 4.74 Å². The van der Waals surface area contributed by atoms with Gasteiger partial charge in [-0.15, -0.1) is 0 Å². The highest BCUT2D eigenvalue weighted by Gasteiger charge is 2.39. The number of thioether (sulfide) groups is 1. The van der Waals surface area contributed by atoms with Gasteiger partial charge < -0.3 is 4.74 Å². The molecule has 31 heavy (non-hydrogen) atoms. The fourth-order valence-corrected chi connectivity index (χ4v) is 4.33. The van der Waals surface area contributed by atoms with Gasteiger partial charge in [0.2, 0.25) is 0 Å². The predicted molar refractivity (Wildman–Crippen MR) is 121 cm³/mol. The molecule has 1 aromatic heterocycles. The van der Waals surface area contributed by atoms with Crippen LogP contribution in [0.2, 0.25) is 0 Å². The molecule has 2 aromatic carbocycles. The minimum Gasteiger partial charge on any atom is -0.491 e. The highest BCUT2D eigenvalue weighted by molar-refractivity contribution is 8.04. The molecule has 4 rings (SSSR count). The van der Waals surface area contributed by atoms with Gasteiger partial charge in [-0.3, -0.25) is 19.5 Å². The molecule has 0 saturated carbocycles. The lowest BCUT2D eigenvalue weighted by molar-refractivity contribution is -0.137. The van der Waals surface area contributed by atoms with Gasteiger partial charge in [-0.2, -0.15) is 0 Å². The summed E-state index contributed by atoms with van der Waals surface area (Å²) >= 11 is 1.32. The average Bonchev–Trinajstić information content (AvgIpc) is 3.00. The van der Waals surface area contributed by atoms with Crippen molar-refractivity contribution in [3.05, 3.63) is 95.2 Å². The minimum atomic E-state index is -0.294. The first-order chi connectivity index (χ1) is 15.0. The molecule has 0 saturated heterocycles. The zero-order chi connectivity index (χ0) is 21.8. The van der Waals surface area contributed by atoms with E-state index in [0.717, 1.165) is 16.2 Å². The van der Waals surface area contributed by atoms with Gasteiger partial charge in [-0.05, 0) is 61.4 Å². The molecule has 0 N–H and O–H groups in total. The molecule has 6 heteroatoms. The fraction of sp³-hybridized carbons (Fsp3) is 0.160. The quantitative estimate of drug-likeness (QED) is 0.497. The summed E-state index contributed by atoms with van der Waals surface area (Å²) in [5.41, 5.74) is 1.97. The van der Waals surface area contributed by atoms with Crippen molar-refractivity contribution in [2.75, 3.05) is 0 Å². The Morgan fingerprint density at radius 3 is 2.23 bits per heavy atom. The van der Waals surface area contributed by atoms with Crippen LogP contribution in [-0.4, -0.2) is 27.8 Å². The van der Waals surface area contributed by atoms with Crippen molar-refractivity contribution in [2.45, 2.75) is 31.4 Å². The summed E-state index contributed by atoms with van der Waals surface area (Å²) in [6, 6.07) is 20.5. The van der Waals surface area contributed by atoms with Crippen LogP contribution in [0.5, 0.6) is 5.75 Å². The van der Waals surface area contributed by atoms with Gasteiger partial charge in [-0.25, -0.2) is 0 Å². The molecular weight excluding hydrogens is 408 g/mol. The van der Waals surface area contributed by atoms with Gasteiger partial charge in [-0.1, -0.05) is 42.1 Å². The molecule has 0 bridgehead atoms. The minimum absolute atomic E-state index is 0.0554. The first kappa shape index (κ1) is 20.9. The van der Waals surface area contributed by atoms with E-state index in [9.17, 15) is 9.59 Å². The first-order valence-electron chi connectivity index (χ1n) is 10.0. The third-order valence-electron chi connectivity index (χ3n) is 4.69. The Hall–Kier alpha value is -3.38. The van der Waals surface area contributed by atoms with E-state index in [2.05, 4.69) is 4.98 Å². The number of rotatable bonds is 7. The van der Waals surface area contributed by atoms with Crippen molar-refractivity contribution >= 4 is 29.1 Å². The van der Waals surface area contributed by atoms with Gasteiger partial charge in [0.15, 0.2) is 0 Å². The van der Waals surface area contributed by atoms with E-state index >= 15 is 0 Å². The maximum absolute atomic E-state index is 13.4. The molecule has 0 spiro atoms. The number of carbonyl (C=O) groups is 2. The monoisotopic (exact) mass is 430 g/mol. The summed E-state index contributed by atoms with van der Waals surface area (Å²) < 4.78 is 5.71. The normalized spacial score (nSPS) is 14.0. The van der Waals surface area contributed by atoms with Crippen LogP contribution in [0.15, 0.2) is 88.9 Å². The van der Waals surface area contributed by atoms with E-state index in [1.165, 1.54) is 16.7 Å². The van der Waals surface area contributed by atoms with E-state index in [4.69, 9.17) is 4.74 Å².